The van der Waals surface area contributed by atoms with Gasteiger partial charge in [-0.15, -0.1) is 0 Å². The van der Waals surface area contributed by atoms with Crippen LogP contribution in [0.4, 0.5) is 0 Å². The van der Waals surface area contributed by atoms with E-state index in [9.17, 15) is 4.79 Å². The number of halogens is 1. The van der Waals surface area contributed by atoms with Crippen LogP contribution in [0.1, 0.15) is 26.2 Å². The molecular weight excluding hydrogens is 288 g/mol. The van der Waals surface area contributed by atoms with Crippen molar-refractivity contribution in [2.45, 2.75) is 37.8 Å². The van der Waals surface area contributed by atoms with Gasteiger partial charge in [0.15, 0.2) is 0 Å². The minimum absolute atomic E-state index is 0.0161. The van der Waals surface area contributed by atoms with Gasteiger partial charge in [-0.1, -0.05) is 17.7 Å². The average Bonchev–Trinajstić information content (AvgIpc) is 3.20. The van der Waals surface area contributed by atoms with Crippen molar-refractivity contribution in [1.82, 2.24) is 4.90 Å². The third kappa shape index (κ3) is 3.16. The first kappa shape index (κ1) is 14.7. The molecule has 21 heavy (non-hydrogen) atoms. The summed E-state index contributed by atoms with van der Waals surface area (Å²) in [5, 5.41) is 0.654. The van der Waals surface area contributed by atoms with Crippen molar-refractivity contribution in [3.8, 4) is 5.75 Å². The van der Waals surface area contributed by atoms with E-state index in [4.69, 9.17) is 22.1 Å². The van der Waals surface area contributed by atoms with Crippen LogP contribution in [0.15, 0.2) is 24.3 Å². The van der Waals surface area contributed by atoms with E-state index in [2.05, 4.69) is 0 Å². The third-order valence-corrected chi connectivity index (χ3v) is 4.65. The van der Waals surface area contributed by atoms with Crippen LogP contribution in [0.2, 0.25) is 5.02 Å². The highest BCUT2D eigenvalue weighted by molar-refractivity contribution is 6.30. The molecule has 3 rings (SSSR count). The van der Waals surface area contributed by atoms with E-state index in [1.54, 1.807) is 6.07 Å². The SMILES string of the molecule is CC(N)(C(=O)N1CCC(Oc2cccc(Cl)c2)C1)C1CC1. The van der Waals surface area contributed by atoms with Gasteiger partial charge in [0.2, 0.25) is 5.91 Å². The van der Waals surface area contributed by atoms with E-state index in [1.165, 1.54) is 0 Å². The summed E-state index contributed by atoms with van der Waals surface area (Å²) < 4.78 is 5.91. The number of benzene rings is 1. The summed E-state index contributed by atoms with van der Waals surface area (Å²) in [5.74, 6) is 1.15. The first-order chi connectivity index (χ1) is 9.96. The minimum Gasteiger partial charge on any atom is -0.488 e. The lowest BCUT2D eigenvalue weighted by Crippen LogP contribution is -2.54. The molecule has 1 aliphatic heterocycles. The van der Waals surface area contributed by atoms with Crippen molar-refractivity contribution in [1.29, 1.82) is 0 Å². The highest BCUT2D eigenvalue weighted by atomic mass is 35.5. The molecule has 1 saturated carbocycles. The lowest BCUT2D eigenvalue weighted by molar-refractivity contribution is -0.136. The lowest BCUT2D eigenvalue weighted by atomic mass is 9.95. The maximum Gasteiger partial charge on any atom is 0.242 e. The maximum atomic E-state index is 12.5. The number of ether oxygens (including phenoxy) is 1. The summed E-state index contributed by atoms with van der Waals surface area (Å²) in [6.07, 6.45) is 2.98. The zero-order valence-corrected chi connectivity index (χ0v) is 13.0. The normalized spacial score (nSPS) is 24.7. The number of carbonyl (C=O) groups is 1. The Kier molecular flexibility index (Phi) is 3.84. The molecule has 4 nitrogen and oxygen atoms in total. The molecule has 0 aromatic heterocycles. The summed E-state index contributed by atoms with van der Waals surface area (Å²) >= 11 is 5.95. The fourth-order valence-corrected chi connectivity index (χ4v) is 3.12. The fourth-order valence-electron chi connectivity index (χ4n) is 2.94. The molecule has 5 heteroatoms. The van der Waals surface area contributed by atoms with Gasteiger partial charge in [-0.3, -0.25) is 4.79 Å². The second kappa shape index (κ2) is 5.50. The van der Waals surface area contributed by atoms with E-state index in [0.717, 1.165) is 25.0 Å². The Balaban J connectivity index is 1.59. The molecule has 2 atom stereocenters. The van der Waals surface area contributed by atoms with Crippen molar-refractivity contribution in [3.05, 3.63) is 29.3 Å². The van der Waals surface area contributed by atoms with Crippen molar-refractivity contribution in [2.24, 2.45) is 11.7 Å². The van der Waals surface area contributed by atoms with E-state index in [0.29, 0.717) is 24.0 Å². The Bertz CT molecular complexity index is 543. The monoisotopic (exact) mass is 308 g/mol. The molecule has 1 aromatic carbocycles. The molecule has 1 aromatic rings. The van der Waals surface area contributed by atoms with Gasteiger partial charge in [-0.2, -0.15) is 0 Å². The van der Waals surface area contributed by atoms with Gasteiger partial charge in [-0.05, 0) is 43.9 Å². The van der Waals surface area contributed by atoms with Crippen LogP contribution in [-0.4, -0.2) is 35.5 Å². The van der Waals surface area contributed by atoms with E-state index in [-0.39, 0.29) is 12.0 Å². The molecule has 1 heterocycles. The van der Waals surface area contributed by atoms with Gasteiger partial charge in [-0.25, -0.2) is 0 Å². The van der Waals surface area contributed by atoms with Crippen molar-refractivity contribution in [2.75, 3.05) is 13.1 Å². The highest BCUT2D eigenvalue weighted by Gasteiger charge is 2.47. The number of nitrogens with zero attached hydrogens (tertiary/aromatic N) is 1. The molecule has 1 saturated heterocycles. The van der Waals surface area contributed by atoms with Crippen LogP contribution in [0.5, 0.6) is 5.75 Å². The fraction of sp³-hybridized carbons (Fsp3) is 0.562. The Morgan fingerprint density at radius 1 is 1.43 bits per heavy atom. The summed E-state index contributed by atoms with van der Waals surface area (Å²) in [5.41, 5.74) is 5.50. The van der Waals surface area contributed by atoms with Gasteiger partial charge in [0.25, 0.3) is 0 Å². The number of likely N-dealkylation sites (tertiary alicyclic amines) is 1. The van der Waals surface area contributed by atoms with Crippen molar-refractivity contribution in [3.63, 3.8) is 0 Å². The summed E-state index contributed by atoms with van der Waals surface area (Å²) in [7, 11) is 0. The molecule has 2 aliphatic rings. The van der Waals surface area contributed by atoms with Crippen LogP contribution in [0.25, 0.3) is 0 Å². The molecule has 114 valence electrons. The van der Waals surface area contributed by atoms with Gasteiger partial charge >= 0.3 is 0 Å². The molecule has 2 unspecified atom stereocenters. The number of carbonyl (C=O) groups excluding carboxylic acids is 1. The van der Waals surface area contributed by atoms with Crippen LogP contribution in [0.3, 0.4) is 0 Å². The second-order valence-electron chi connectivity index (χ2n) is 6.29. The molecule has 1 aliphatic carbocycles. The molecular formula is C16H21ClN2O2. The smallest absolute Gasteiger partial charge is 0.242 e. The van der Waals surface area contributed by atoms with Crippen LogP contribution >= 0.6 is 11.6 Å². The van der Waals surface area contributed by atoms with E-state index < -0.39 is 5.54 Å². The van der Waals surface area contributed by atoms with E-state index >= 15 is 0 Å². The summed E-state index contributed by atoms with van der Waals surface area (Å²) in [6, 6.07) is 7.35. The topological polar surface area (TPSA) is 55.6 Å². The first-order valence-corrected chi connectivity index (χ1v) is 7.85. The van der Waals surface area contributed by atoms with Crippen LogP contribution < -0.4 is 10.5 Å². The van der Waals surface area contributed by atoms with Gasteiger partial charge in [0, 0.05) is 18.0 Å². The van der Waals surface area contributed by atoms with Gasteiger partial charge in [0.05, 0.1) is 12.1 Å². The number of rotatable bonds is 4. The summed E-state index contributed by atoms with van der Waals surface area (Å²) in [4.78, 5) is 14.4. The predicted octanol–water partition coefficient (Wildman–Crippen LogP) is 2.45. The molecule has 0 spiro atoms. The van der Waals surface area contributed by atoms with Crippen molar-refractivity contribution >= 4 is 17.5 Å². The summed E-state index contributed by atoms with van der Waals surface area (Å²) in [6.45, 7) is 3.17. The van der Waals surface area contributed by atoms with Crippen LogP contribution in [-0.2, 0) is 4.79 Å². The molecule has 1 amide bonds. The average molecular weight is 309 g/mol. The number of hydrogen-bond acceptors (Lipinski definition) is 3. The Hall–Kier alpha value is -1.26. The van der Waals surface area contributed by atoms with Gasteiger partial charge in [0.1, 0.15) is 11.9 Å². The number of nitrogens with two attached hydrogens (primary N) is 1. The largest absolute Gasteiger partial charge is 0.488 e. The number of hydrogen-bond donors (Lipinski definition) is 1. The Labute approximate surface area is 130 Å². The third-order valence-electron chi connectivity index (χ3n) is 4.42. The lowest BCUT2D eigenvalue weighted by Gasteiger charge is -2.29. The van der Waals surface area contributed by atoms with Crippen molar-refractivity contribution < 1.29 is 9.53 Å². The first-order valence-electron chi connectivity index (χ1n) is 7.47. The van der Waals surface area contributed by atoms with Crippen LogP contribution in [0, 0.1) is 5.92 Å². The van der Waals surface area contributed by atoms with E-state index in [1.807, 2.05) is 30.0 Å². The Morgan fingerprint density at radius 2 is 2.19 bits per heavy atom. The molecule has 2 N–H and O–H groups in total. The standard InChI is InChI=1S/C16H21ClN2O2/c1-16(18,11-5-6-11)15(20)19-8-7-14(10-19)21-13-4-2-3-12(17)9-13/h2-4,9,11,14H,5-8,10,18H2,1H3. The number of amides is 1. The molecule has 0 bridgehead atoms. The molecule has 2 fully saturated rings. The minimum atomic E-state index is -0.717. The quantitative estimate of drug-likeness (QED) is 0.929. The maximum absolute atomic E-state index is 12.5. The second-order valence-corrected chi connectivity index (χ2v) is 6.73. The van der Waals surface area contributed by atoms with Gasteiger partial charge < -0.3 is 15.4 Å². The highest BCUT2D eigenvalue weighted by Crippen LogP contribution is 2.39. The molecule has 0 radical (unpaired) electrons. The zero-order valence-electron chi connectivity index (χ0n) is 12.2. The Morgan fingerprint density at radius 3 is 2.86 bits per heavy atom. The zero-order chi connectivity index (χ0) is 15.0. The predicted molar refractivity (Wildman–Crippen MR) is 82.4 cm³/mol.